The molecule has 1 saturated carbocycles. The average Bonchev–Trinajstić information content (AvgIpc) is 2.78. The second-order valence-corrected chi connectivity index (χ2v) is 6.74. The Morgan fingerprint density at radius 2 is 2.05 bits per heavy atom. The van der Waals surface area contributed by atoms with Crippen molar-refractivity contribution in [3.63, 3.8) is 0 Å². The zero-order valence-electron chi connectivity index (χ0n) is 12.1. The topological polar surface area (TPSA) is 54.2 Å². The summed E-state index contributed by atoms with van der Waals surface area (Å²) in [6.07, 6.45) is 10.5. The Morgan fingerprint density at radius 1 is 1.37 bits per heavy atom. The van der Waals surface area contributed by atoms with Gasteiger partial charge >= 0.3 is 0 Å². The number of nitrogens with zero attached hydrogens (tertiary/aromatic N) is 2. The quantitative estimate of drug-likeness (QED) is 0.494. The van der Waals surface area contributed by atoms with Crippen molar-refractivity contribution in [1.29, 1.82) is 0 Å². The van der Waals surface area contributed by atoms with Crippen molar-refractivity contribution in [2.45, 2.75) is 56.5 Å². The van der Waals surface area contributed by atoms with Gasteiger partial charge in [-0.1, -0.05) is 25.7 Å². The Hall–Kier alpha value is -0.490. The Balaban J connectivity index is 2.18. The molecule has 4 nitrogen and oxygen atoms in total. The van der Waals surface area contributed by atoms with Gasteiger partial charge in [-0.25, -0.2) is 4.98 Å². The third-order valence-electron chi connectivity index (χ3n) is 4.57. The summed E-state index contributed by atoms with van der Waals surface area (Å²) >= 11 is 1.72. The molecule has 1 atom stereocenters. The zero-order chi connectivity index (χ0) is 13.7. The van der Waals surface area contributed by atoms with Gasteiger partial charge in [0.05, 0.1) is 5.01 Å². The molecule has 1 aliphatic carbocycles. The first-order valence-corrected chi connectivity index (χ1v) is 8.09. The fourth-order valence-electron chi connectivity index (χ4n) is 3.38. The zero-order valence-corrected chi connectivity index (χ0v) is 12.9. The molecule has 0 bridgehead atoms. The monoisotopic (exact) mass is 282 g/mol. The average molecular weight is 282 g/mol. The van der Waals surface area contributed by atoms with Crippen LogP contribution in [0.25, 0.3) is 0 Å². The highest BCUT2D eigenvalue weighted by Crippen LogP contribution is 2.35. The summed E-state index contributed by atoms with van der Waals surface area (Å²) in [7, 11) is 4.38. The SMILES string of the molecule is CN(C)C1(C(Cc2nccs2)NN)CCCCCC1. The van der Waals surface area contributed by atoms with Gasteiger partial charge in [-0.2, -0.15) is 0 Å². The minimum absolute atomic E-state index is 0.164. The number of hydrogen-bond donors (Lipinski definition) is 2. The second kappa shape index (κ2) is 6.79. The molecule has 0 aliphatic heterocycles. The maximum atomic E-state index is 5.89. The van der Waals surface area contributed by atoms with E-state index in [1.54, 1.807) is 11.3 Å². The van der Waals surface area contributed by atoms with Crippen LogP contribution in [0.3, 0.4) is 0 Å². The fourth-order valence-corrected chi connectivity index (χ4v) is 4.04. The minimum atomic E-state index is 0.164. The third kappa shape index (κ3) is 3.34. The molecular formula is C14H26N4S. The molecule has 0 radical (unpaired) electrons. The van der Waals surface area contributed by atoms with Gasteiger partial charge in [0.25, 0.3) is 0 Å². The van der Waals surface area contributed by atoms with Crippen LogP contribution in [0.2, 0.25) is 0 Å². The molecule has 1 aromatic heterocycles. The fraction of sp³-hybridized carbons (Fsp3) is 0.786. The summed E-state index contributed by atoms with van der Waals surface area (Å²) in [5.74, 6) is 5.89. The summed E-state index contributed by atoms with van der Waals surface area (Å²) in [6, 6.07) is 0.270. The van der Waals surface area contributed by atoms with Crippen LogP contribution in [0.5, 0.6) is 0 Å². The molecule has 5 heteroatoms. The van der Waals surface area contributed by atoms with Crippen LogP contribution in [0.15, 0.2) is 11.6 Å². The van der Waals surface area contributed by atoms with E-state index in [-0.39, 0.29) is 11.6 Å². The van der Waals surface area contributed by atoms with Crippen molar-refractivity contribution in [2.75, 3.05) is 14.1 Å². The number of hydrazine groups is 1. The number of thiazole rings is 1. The van der Waals surface area contributed by atoms with Crippen molar-refractivity contribution in [2.24, 2.45) is 5.84 Å². The summed E-state index contributed by atoms with van der Waals surface area (Å²) < 4.78 is 0. The summed E-state index contributed by atoms with van der Waals surface area (Å²) in [5.41, 5.74) is 3.25. The Bertz CT molecular complexity index is 356. The lowest BCUT2D eigenvalue weighted by Gasteiger charge is -2.45. The van der Waals surface area contributed by atoms with Crippen molar-refractivity contribution in [3.8, 4) is 0 Å². The van der Waals surface area contributed by atoms with Gasteiger partial charge < -0.3 is 4.90 Å². The molecule has 0 aromatic carbocycles. The summed E-state index contributed by atoms with van der Waals surface area (Å²) in [6.45, 7) is 0. The first kappa shape index (κ1) is 14.9. The van der Waals surface area contributed by atoms with Gasteiger partial charge in [0, 0.05) is 29.6 Å². The molecule has 1 unspecified atom stereocenters. The molecule has 108 valence electrons. The summed E-state index contributed by atoms with van der Waals surface area (Å²) in [5, 5.41) is 3.21. The lowest BCUT2D eigenvalue weighted by Crippen LogP contribution is -2.61. The number of nitrogens with two attached hydrogens (primary N) is 1. The molecule has 0 saturated heterocycles. The van der Waals surface area contributed by atoms with Crippen LogP contribution in [-0.2, 0) is 6.42 Å². The molecule has 2 rings (SSSR count). The number of nitrogens with one attached hydrogen (secondary N) is 1. The van der Waals surface area contributed by atoms with Crippen molar-refractivity contribution < 1.29 is 0 Å². The van der Waals surface area contributed by atoms with E-state index in [1.807, 2.05) is 11.6 Å². The molecular weight excluding hydrogens is 256 g/mol. The van der Waals surface area contributed by atoms with Crippen molar-refractivity contribution in [1.82, 2.24) is 15.3 Å². The Labute approximate surface area is 120 Å². The van der Waals surface area contributed by atoms with Crippen LogP contribution in [0, 0.1) is 0 Å². The van der Waals surface area contributed by atoms with E-state index in [0.29, 0.717) is 0 Å². The normalized spacial score (nSPS) is 21.3. The van der Waals surface area contributed by atoms with Crippen LogP contribution >= 0.6 is 11.3 Å². The largest absolute Gasteiger partial charge is 0.302 e. The first-order chi connectivity index (χ1) is 9.19. The standard InChI is InChI=1S/C14H26N4S/c1-18(2)14(7-5-3-4-6-8-14)12(17-15)11-13-16-9-10-19-13/h9-10,12,17H,3-8,11,15H2,1-2H3. The van der Waals surface area contributed by atoms with Crippen LogP contribution < -0.4 is 11.3 Å². The molecule has 1 aromatic rings. The van der Waals surface area contributed by atoms with Gasteiger partial charge in [0.2, 0.25) is 0 Å². The molecule has 1 fully saturated rings. The molecule has 0 spiro atoms. The van der Waals surface area contributed by atoms with Gasteiger partial charge in [0.15, 0.2) is 0 Å². The molecule has 1 heterocycles. The van der Waals surface area contributed by atoms with E-state index in [0.717, 1.165) is 6.42 Å². The van der Waals surface area contributed by atoms with Gasteiger partial charge in [0.1, 0.15) is 0 Å². The van der Waals surface area contributed by atoms with Crippen molar-refractivity contribution >= 4 is 11.3 Å². The number of aromatic nitrogens is 1. The van der Waals surface area contributed by atoms with Gasteiger partial charge in [-0.05, 0) is 26.9 Å². The van der Waals surface area contributed by atoms with E-state index in [1.165, 1.54) is 43.5 Å². The van der Waals surface area contributed by atoms with E-state index in [2.05, 4.69) is 29.4 Å². The summed E-state index contributed by atoms with van der Waals surface area (Å²) in [4.78, 5) is 6.80. The van der Waals surface area contributed by atoms with Crippen molar-refractivity contribution in [3.05, 3.63) is 16.6 Å². The second-order valence-electron chi connectivity index (χ2n) is 5.76. The van der Waals surface area contributed by atoms with E-state index in [9.17, 15) is 0 Å². The molecule has 3 N–H and O–H groups in total. The minimum Gasteiger partial charge on any atom is -0.302 e. The smallest absolute Gasteiger partial charge is 0.0941 e. The Kier molecular flexibility index (Phi) is 5.33. The molecule has 0 amide bonds. The maximum absolute atomic E-state index is 5.89. The van der Waals surface area contributed by atoms with E-state index < -0.39 is 0 Å². The van der Waals surface area contributed by atoms with Gasteiger partial charge in [-0.3, -0.25) is 11.3 Å². The van der Waals surface area contributed by atoms with E-state index in [4.69, 9.17) is 5.84 Å². The number of hydrogen-bond acceptors (Lipinski definition) is 5. The van der Waals surface area contributed by atoms with Gasteiger partial charge in [-0.15, -0.1) is 11.3 Å². The lowest BCUT2D eigenvalue weighted by molar-refractivity contribution is 0.0801. The van der Waals surface area contributed by atoms with Crippen LogP contribution in [-0.4, -0.2) is 35.6 Å². The third-order valence-corrected chi connectivity index (χ3v) is 5.37. The number of rotatable bonds is 5. The lowest BCUT2D eigenvalue weighted by atomic mass is 9.80. The molecule has 1 aliphatic rings. The highest BCUT2D eigenvalue weighted by Gasteiger charge is 2.40. The molecule has 19 heavy (non-hydrogen) atoms. The van der Waals surface area contributed by atoms with Crippen LogP contribution in [0.1, 0.15) is 43.5 Å². The van der Waals surface area contributed by atoms with Crippen LogP contribution in [0.4, 0.5) is 0 Å². The highest BCUT2D eigenvalue weighted by molar-refractivity contribution is 7.09. The predicted octanol–water partition coefficient (Wildman–Crippen LogP) is 2.17. The highest BCUT2D eigenvalue weighted by atomic mass is 32.1. The van der Waals surface area contributed by atoms with E-state index >= 15 is 0 Å². The maximum Gasteiger partial charge on any atom is 0.0941 e. The first-order valence-electron chi connectivity index (χ1n) is 7.21. The predicted molar refractivity (Wildman–Crippen MR) is 81.0 cm³/mol. The Morgan fingerprint density at radius 3 is 2.53 bits per heavy atom. The number of likely N-dealkylation sites (N-methyl/N-ethyl adjacent to an activating group) is 1.